The van der Waals surface area contributed by atoms with E-state index in [4.69, 9.17) is 0 Å². The van der Waals surface area contributed by atoms with Crippen molar-refractivity contribution in [3.05, 3.63) is 29.3 Å². The van der Waals surface area contributed by atoms with Gasteiger partial charge in [-0.1, -0.05) is 0 Å². The Bertz CT molecular complexity index is 820. The molecular formula is C18H26ClN3O4S. The first-order chi connectivity index (χ1) is 12.4. The van der Waals surface area contributed by atoms with Gasteiger partial charge in [0.15, 0.2) is 0 Å². The van der Waals surface area contributed by atoms with Crippen LogP contribution in [0.4, 0.5) is 0 Å². The van der Waals surface area contributed by atoms with Crippen LogP contribution in [0.25, 0.3) is 0 Å². The largest absolute Gasteiger partial charge is 0.339 e. The highest BCUT2D eigenvalue weighted by Gasteiger charge is 2.40. The molecule has 9 heteroatoms. The van der Waals surface area contributed by atoms with Gasteiger partial charge in [-0.25, -0.2) is 12.7 Å². The second-order valence-electron chi connectivity index (χ2n) is 6.81. The van der Waals surface area contributed by atoms with E-state index in [1.54, 1.807) is 17.9 Å². The summed E-state index contributed by atoms with van der Waals surface area (Å²) in [7, 11) is -1.91. The molecule has 2 amide bonds. The lowest BCUT2D eigenvalue weighted by molar-refractivity contribution is 0.0686. The van der Waals surface area contributed by atoms with Crippen molar-refractivity contribution in [3.8, 4) is 0 Å². The van der Waals surface area contributed by atoms with Crippen molar-refractivity contribution in [1.82, 2.24) is 14.5 Å². The molecule has 2 aliphatic heterocycles. The van der Waals surface area contributed by atoms with Crippen LogP contribution in [0, 0.1) is 5.92 Å². The van der Waals surface area contributed by atoms with Crippen LogP contribution in [-0.4, -0.2) is 62.7 Å². The number of hydrogen-bond donors (Lipinski definition) is 1. The maximum atomic E-state index is 12.8. The summed E-state index contributed by atoms with van der Waals surface area (Å²) in [4.78, 5) is 26.7. The Morgan fingerprint density at radius 3 is 2.52 bits per heavy atom. The monoisotopic (exact) mass is 415 g/mol. The average Bonchev–Trinajstić information content (AvgIpc) is 2.84. The number of rotatable bonds is 5. The van der Waals surface area contributed by atoms with E-state index in [1.807, 2.05) is 7.05 Å². The third-order valence-electron chi connectivity index (χ3n) is 5.25. The number of carbonyl (C=O) groups is 2. The summed E-state index contributed by atoms with van der Waals surface area (Å²) < 4.78 is 25.8. The van der Waals surface area contributed by atoms with E-state index >= 15 is 0 Å². The molecule has 0 bridgehead atoms. The Hall–Kier alpha value is -1.64. The van der Waals surface area contributed by atoms with Crippen LogP contribution >= 0.6 is 12.4 Å². The highest BCUT2D eigenvalue weighted by Crippen LogP contribution is 2.31. The minimum absolute atomic E-state index is 0. The number of carbonyl (C=O) groups excluding carboxylic acids is 2. The number of nitrogens with zero attached hydrogens (tertiary/aromatic N) is 2. The highest BCUT2D eigenvalue weighted by molar-refractivity contribution is 7.90. The van der Waals surface area contributed by atoms with Crippen LogP contribution in [-0.2, 0) is 10.0 Å². The molecule has 27 heavy (non-hydrogen) atoms. The van der Waals surface area contributed by atoms with Gasteiger partial charge in [-0.3, -0.25) is 9.59 Å². The smallest absolute Gasteiger partial charge is 0.268 e. The van der Waals surface area contributed by atoms with Gasteiger partial charge < -0.3 is 10.2 Å². The number of sulfonamides is 1. The summed E-state index contributed by atoms with van der Waals surface area (Å²) in [5.74, 6) is -0.0769. The van der Waals surface area contributed by atoms with Crippen molar-refractivity contribution in [2.75, 3.05) is 33.2 Å². The first-order valence-corrected chi connectivity index (χ1v) is 10.5. The minimum atomic E-state index is -3.85. The lowest BCUT2D eigenvalue weighted by Crippen LogP contribution is -2.39. The lowest BCUT2D eigenvalue weighted by atomic mass is 9.93. The fourth-order valence-corrected chi connectivity index (χ4v) is 5.28. The van der Waals surface area contributed by atoms with Crippen molar-refractivity contribution < 1.29 is 18.0 Å². The predicted octanol–water partition coefficient (Wildman–Crippen LogP) is 1.73. The quantitative estimate of drug-likeness (QED) is 0.791. The fraction of sp³-hybridized carbons (Fsp3) is 0.556. The molecule has 2 aliphatic rings. The van der Waals surface area contributed by atoms with E-state index in [-0.39, 0.29) is 35.3 Å². The van der Waals surface area contributed by atoms with E-state index in [2.05, 4.69) is 5.32 Å². The first kappa shape index (κ1) is 21.7. The maximum absolute atomic E-state index is 12.8. The summed E-state index contributed by atoms with van der Waals surface area (Å²) >= 11 is 0. The van der Waals surface area contributed by atoms with Crippen LogP contribution in [0.1, 0.15) is 46.9 Å². The van der Waals surface area contributed by atoms with Crippen LogP contribution in [0.15, 0.2) is 23.1 Å². The Balaban J connectivity index is 0.00000261. The molecule has 1 fully saturated rings. The Labute approximate surface area is 166 Å². The third kappa shape index (κ3) is 3.97. The molecule has 0 spiro atoms. The molecule has 0 aliphatic carbocycles. The number of benzene rings is 1. The van der Waals surface area contributed by atoms with E-state index in [1.165, 1.54) is 12.1 Å². The molecule has 3 rings (SSSR count). The van der Waals surface area contributed by atoms with Crippen molar-refractivity contribution in [1.29, 1.82) is 0 Å². The third-order valence-corrected chi connectivity index (χ3v) is 7.14. The number of likely N-dealkylation sites (tertiary alicyclic amines) is 1. The fourth-order valence-electron chi connectivity index (χ4n) is 3.68. The second-order valence-corrected chi connectivity index (χ2v) is 8.64. The lowest BCUT2D eigenvalue weighted by Gasteiger charge is -2.32. The first-order valence-electron chi connectivity index (χ1n) is 9.05. The van der Waals surface area contributed by atoms with Crippen molar-refractivity contribution in [2.24, 2.45) is 5.92 Å². The van der Waals surface area contributed by atoms with E-state index in [9.17, 15) is 18.0 Å². The molecule has 0 atom stereocenters. The predicted molar refractivity (Wildman–Crippen MR) is 105 cm³/mol. The summed E-state index contributed by atoms with van der Waals surface area (Å²) in [6, 6.07) is 4.37. The van der Waals surface area contributed by atoms with Crippen LogP contribution < -0.4 is 5.32 Å². The topological polar surface area (TPSA) is 86.8 Å². The molecule has 2 heterocycles. The number of piperidine rings is 1. The highest BCUT2D eigenvalue weighted by atomic mass is 35.5. The van der Waals surface area contributed by atoms with Crippen molar-refractivity contribution in [2.45, 2.75) is 31.1 Å². The summed E-state index contributed by atoms with van der Waals surface area (Å²) in [6.45, 7) is 4.03. The number of hydrogen-bond acceptors (Lipinski definition) is 5. The second kappa shape index (κ2) is 8.58. The molecule has 1 saturated heterocycles. The minimum Gasteiger partial charge on any atom is -0.339 e. The number of amides is 2. The van der Waals surface area contributed by atoms with Crippen LogP contribution in [0.5, 0.6) is 0 Å². The van der Waals surface area contributed by atoms with Crippen LogP contribution in [0.3, 0.4) is 0 Å². The van der Waals surface area contributed by atoms with E-state index < -0.39 is 15.9 Å². The van der Waals surface area contributed by atoms with Gasteiger partial charge in [-0.15, -0.1) is 12.4 Å². The van der Waals surface area contributed by atoms with E-state index in [0.717, 1.165) is 30.1 Å². The molecule has 1 aromatic rings. The summed E-state index contributed by atoms with van der Waals surface area (Å²) in [5.41, 5.74) is 0.473. The Morgan fingerprint density at radius 1 is 1.26 bits per heavy atom. The molecule has 1 N–H and O–H groups in total. The zero-order chi connectivity index (χ0) is 18.9. The van der Waals surface area contributed by atoms with Gasteiger partial charge in [0.2, 0.25) is 0 Å². The Morgan fingerprint density at radius 2 is 1.93 bits per heavy atom. The van der Waals surface area contributed by atoms with E-state index in [0.29, 0.717) is 24.6 Å². The number of nitrogens with one attached hydrogen (secondary N) is 1. The zero-order valence-corrected chi connectivity index (χ0v) is 17.2. The molecule has 0 saturated carbocycles. The van der Waals surface area contributed by atoms with Gasteiger partial charge in [0.25, 0.3) is 21.8 Å². The zero-order valence-electron chi connectivity index (χ0n) is 15.6. The SMILES string of the molecule is CCN1C(=O)c2ccc(C(=O)N3CCC(CCNC)CC3)cc2S1(=O)=O.Cl. The van der Waals surface area contributed by atoms with Crippen LogP contribution in [0.2, 0.25) is 0 Å². The summed E-state index contributed by atoms with van der Waals surface area (Å²) in [6.07, 6.45) is 3.02. The average molecular weight is 416 g/mol. The molecule has 0 aromatic heterocycles. The Kier molecular flexibility index (Phi) is 6.88. The van der Waals surface area contributed by atoms with Gasteiger partial charge in [-0.2, -0.15) is 0 Å². The van der Waals surface area contributed by atoms with Gasteiger partial charge in [-0.05, 0) is 63.9 Å². The maximum Gasteiger partial charge on any atom is 0.268 e. The van der Waals surface area contributed by atoms with Crippen molar-refractivity contribution in [3.63, 3.8) is 0 Å². The molecule has 0 radical (unpaired) electrons. The molecular weight excluding hydrogens is 390 g/mol. The molecule has 150 valence electrons. The van der Waals surface area contributed by atoms with Gasteiger partial charge in [0.05, 0.1) is 5.56 Å². The number of halogens is 1. The normalized spacial score (nSPS) is 19.0. The van der Waals surface area contributed by atoms with Crippen molar-refractivity contribution >= 4 is 34.2 Å². The van der Waals surface area contributed by atoms with Gasteiger partial charge in [0.1, 0.15) is 4.90 Å². The number of fused-ring (bicyclic) bond motifs is 1. The molecule has 1 aromatic carbocycles. The standard InChI is InChI=1S/C18H25N3O4S.ClH/c1-3-21-18(23)15-5-4-14(12-16(15)26(21,24)25)17(22)20-10-7-13(8-11-20)6-9-19-2;/h4-5,12-13,19H,3,6-11H2,1-2H3;1H. The van der Waals surface area contributed by atoms with Gasteiger partial charge in [0, 0.05) is 25.2 Å². The molecule has 7 nitrogen and oxygen atoms in total. The van der Waals surface area contributed by atoms with Gasteiger partial charge >= 0.3 is 0 Å². The molecule has 0 unspecified atom stereocenters. The summed E-state index contributed by atoms with van der Waals surface area (Å²) in [5, 5.41) is 3.15.